The minimum absolute atomic E-state index is 0. The molecule has 0 spiro atoms. The van der Waals surface area contributed by atoms with Crippen LogP contribution in [-0.4, -0.2) is 91.4 Å². The summed E-state index contributed by atoms with van der Waals surface area (Å²) >= 11 is 0. The second-order valence-corrected chi connectivity index (χ2v) is 18.7. The van der Waals surface area contributed by atoms with E-state index in [9.17, 15) is 48.8 Å². The number of carboxylic acid groups (broad SMARTS) is 1. The molecule has 3 heterocycles. The fourth-order valence-electron chi connectivity index (χ4n) is 7.58. The summed E-state index contributed by atoms with van der Waals surface area (Å²) in [5, 5.41) is 10.1. The van der Waals surface area contributed by atoms with Gasteiger partial charge in [0.2, 0.25) is 5.36 Å². The van der Waals surface area contributed by atoms with Crippen LogP contribution in [0.15, 0.2) is 29.3 Å². The molecule has 0 saturated carbocycles. The van der Waals surface area contributed by atoms with Crippen molar-refractivity contribution < 1.29 is 113 Å². The van der Waals surface area contributed by atoms with Crippen LogP contribution in [0.25, 0.3) is 0 Å². The van der Waals surface area contributed by atoms with E-state index in [2.05, 4.69) is 0 Å². The molecule has 15 nitrogen and oxygen atoms in total. The molecule has 2 aromatic rings. The van der Waals surface area contributed by atoms with Gasteiger partial charge < -0.3 is 28.4 Å². The molecule has 0 radical (unpaired) electrons. The van der Waals surface area contributed by atoms with Gasteiger partial charge in [-0.2, -0.15) is 0 Å². The van der Waals surface area contributed by atoms with E-state index >= 15 is 0 Å². The van der Waals surface area contributed by atoms with Crippen molar-refractivity contribution in [2.45, 2.75) is 82.7 Å². The maximum absolute atomic E-state index is 12.0. The Morgan fingerprint density at radius 2 is 1.49 bits per heavy atom. The molecule has 270 valence electrons. The van der Waals surface area contributed by atoms with Crippen molar-refractivity contribution >= 4 is 47.7 Å². The molecule has 0 aromatic heterocycles. The normalized spacial score (nSPS) is 20.2. The first kappa shape index (κ1) is 44.2. The van der Waals surface area contributed by atoms with Gasteiger partial charge in [-0.1, -0.05) is 0 Å². The summed E-state index contributed by atoms with van der Waals surface area (Å²) in [7, 11) is -13.8. The zero-order chi connectivity index (χ0) is 36.3. The molecule has 3 aliphatic rings. The van der Waals surface area contributed by atoms with Crippen molar-refractivity contribution in [3.05, 3.63) is 46.1 Å². The van der Waals surface area contributed by atoms with Crippen LogP contribution in [0.1, 0.15) is 82.8 Å². The summed E-state index contributed by atoms with van der Waals surface area (Å²) in [5.41, 5.74) is 0.434. The minimum atomic E-state index is -4.66. The Morgan fingerprint density at radius 1 is 0.882 bits per heavy atom. The summed E-state index contributed by atoms with van der Waals surface area (Å²) in [6.07, 6.45) is 0.749. The quantitative estimate of drug-likeness (QED) is 0.104. The number of carbonyl (C=O) groups is 1. The van der Waals surface area contributed by atoms with Gasteiger partial charge in [0.25, 0.3) is 0 Å². The molecular formula is C31H39N3Na2O12S3. The monoisotopic (exact) mass is 787 g/mol. The predicted molar refractivity (Wildman–Crippen MR) is 175 cm³/mol. The van der Waals surface area contributed by atoms with Gasteiger partial charge in [0.1, 0.15) is 17.6 Å². The van der Waals surface area contributed by atoms with Crippen LogP contribution in [0.4, 0.5) is 11.4 Å². The summed E-state index contributed by atoms with van der Waals surface area (Å²) in [5.74, 6) is -3.74. The number of benzene rings is 2. The maximum atomic E-state index is 12.0. The smallest absolute Gasteiger partial charge is 0.748 e. The van der Waals surface area contributed by atoms with Gasteiger partial charge in [-0.25, -0.2) is 34.8 Å². The molecule has 3 aliphatic heterocycles. The Bertz CT molecular complexity index is 2160. The third kappa shape index (κ3) is 10.7. The minimum Gasteiger partial charge on any atom is -0.748 e. The first-order valence-electron chi connectivity index (χ1n) is 15.8. The molecular weight excluding hydrogens is 749 g/mol. The van der Waals surface area contributed by atoms with Crippen LogP contribution in [0.2, 0.25) is 0 Å². The molecule has 51 heavy (non-hydrogen) atoms. The van der Waals surface area contributed by atoms with Gasteiger partial charge in [0, 0.05) is 71.3 Å². The number of hydrogen-bond acceptors (Lipinski definition) is 13. The van der Waals surface area contributed by atoms with Gasteiger partial charge in [0.05, 0.1) is 42.8 Å². The molecule has 20 heteroatoms. The van der Waals surface area contributed by atoms with Crippen molar-refractivity contribution in [3.8, 4) is 11.5 Å². The van der Waals surface area contributed by atoms with Crippen LogP contribution >= 0.6 is 0 Å². The molecule has 0 aliphatic carbocycles. The average Bonchev–Trinajstić information content (AvgIpc) is 2.91. The summed E-state index contributed by atoms with van der Waals surface area (Å²) in [6.45, 7) is 7.91. The van der Waals surface area contributed by atoms with Crippen molar-refractivity contribution in [2.75, 3.05) is 35.2 Å². The largest absolute Gasteiger partial charge is 1.00 e. The van der Waals surface area contributed by atoms with Gasteiger partial charge in [-0.05, 0) is 58.2 Å². The van der Waals surface area contributed by atoms with Crippen molar-refractivity contribution in [2.24, 2.45) is 4.99 Å². The van der Waals surface area contributed by atoms with E-state index in [0.717, 1.165) is 0 Å². The van der Waals surface area contributed by atoms with Crippen molar-refractivity contribution in [1.29, 1.82) is 0 Å². The Labute approximate surface area is 342 Å². The molecule has 0 bridgehead atoms. The zero-order valence-electron chi connectivity index (χ0n) is 29.5. The van der Waals surface area contributed by atoms with Crippen LogP contribution in [0, 0.1) is 0 Å². The fraction of sp³-hybridized carbons (Fsp3) is 0.581. The second kappa shape index (κ2) is 15.9. The predicted octanol–water partition coefficient (Wildman–Crippen LogP) is -4.53. The maximum Gasteiger partial charge on any atom is 1.00 e. The third-order valence-electron chi connectivity index (χ3n) is 9.45. The standard InChI is InChI=1S/C31H41N3O12S3.2Na/c1-30(2)15-19(17-48(40,41)42)21-11-23-27(13-25(21)33(30)8-5-7-29(35)36)46-28-14-26-22(12-24(28)32-23)20(18-49(43,44)45)16-31(3,4)34(26)9-6-10-47(37,38)39;;/h11-14,19-20H,5-10,15-18H2,1-4H3,(H3-,35,36,37,38,39,40,41,42,43,44,45);;/q;2*+1/p-2. The Kier molecular flexibility index (Phi) is 13.8. The van der Waals surface area contributed by atoms with E-state index in [1.54, 1.807) is 24.3 Å². The van der Waals surface area contributed by atoms with E-state index in [0.29, 0.717) is 58.4 Å². The van der Waals surface area contributed by atoms with Gasteiger partial charge in [-0.3, -0.25) is 4.79 Å². The van der Waals surface area contributed by atoms with E-state index in [4.69, 9.17) is 9.73 Å². The van der Waals surface area contributed by atoms with Crippen LogP contribution in [0.3, 0.4) is 0 Å². The molecule has 2 unspecified atom stereocenters. The number of anilines is 1. The number of carboxylic acids is 1. The zero-order valence-corrected chi connectivity index (χ0v) is 36.0. The van der Waals surface area contributed by atoms with E-state index in [-0.39, 0.29) is 90.7 Å². The molecule has 0 amide bonds. The van der Waals surface area contributed by atoms with Crippen molar-refractivity contribution in [3.63, 3.8) is 0 Å². The number of rotatable bonds is 12. The van der Waals surface area contributed by atoms with Crippen LogP contribution in [0.5, 0.6) is 11.5 Å². The van der Waals surface area contributed by atoms with Crippen molar-refractivity contribution in [1.82, 2.24) is 4.58 Å². The van der Waals surface area contributed by atoms with Crippen LogP contribution in [-0.2, 0) is 35.1 Å². The summed E-state index contributed by atoms with van der Waals surface area (Å²) in [6, 6.07) is 6.61. The molecule has 0 fully saturated rings. The number of nitrogens with zero attached hydrogens (tertiary/aromatic N) is 3. The Hall–Kier alpha value is -1.16. The van der Waals surface area contributed by atoms with E-state index < -0.39 is 76.5 Å². The Balaban J connectivity index is 0.00000351. The van der Waals surface area contributed by atoms with Gasteiger partial charge in [-0.15, -0.1) is 0 Å². The SMILES string of the molecule is CC1(C)CC(CS(=O)(=O)[O-])c2cc3c(cc2N1CCCS(=O)(=O)[O-])Oc1cc2c(cc1=N3)C(CS(=O)(=O)[O-])CC(C)(C)[N+]=2CCCC(=O)O.[Na+].[Na+]. The van der Waals surface area contributed by atoms with Crippen LogP contribution < -0.4 is 84.0 Å². The first-order chi connectivity index (χ1) is 22.4. The van der Waals surface area contributed by atoms with E-state index in [1.165, 1.54) is 0 Å². The molecule has 2 aromatic carbocycles. The molecule has 0 saturated heterocycles. The molecule has 2 atom stereocenters. The Morgan fingerprint density at radius 3 is 2.06 bits per heavy atom. The number of fused-ring (bicyclic) bond motifs is 4. The number of hydrogen-bond donors (Lipinski definition) is 1. The second-order valence-electron chi connectivity index (χ2n) is 14.3. The summed E-state index contributed by atoms with van der Waals surface area (Å²) in [4.78, 5) is 17.9. The van der Waals surface area contributed by atoms with Gasteiger partial charge >= 0.3 is 65.1 Å². The van der Waals surface area contributed by atoms with Gasteiger partial charge in [0.15, 0.2) is 17.0 Å². The topological polar surface area (TPSA) is 237 Å². The number of aliphatic carboxylic acids is 1. The molecule has 5 rings (SSSR count). The average molecular weight is 788 g/mol. The fourth-order valence-corrected chi connectivity index (χ4v) is 9.64. The van der Waals surface area contributed by atoms with E-state index in [1.807, 2.05) is 37.2 Å². The third-order valence-corrected chi connectivity index (χ3v) is 11.9. The summed E-state index contributed by atoms with van der Waals surface area (Å²) < 4.78 is 114. The first-order valence-corrected chi connectivity index (χ1v) is 20.5. The number of ether oxygens (including phenoxy) is 1. The molecule has 1 N–H and O–H groups in total.